The normalized spacial score (nSPS) is 9.00. The summed E-state index contributed by atoms with van der Waals surface area (Å²) in [6.07, 6.45) is 0. The molecule has 0 bridgehead atoms. The topological polar surface area (TPSA) is 0 Å². The van der Waals surface area contributed by atoms with Crippen LogP contribution < -0.4 is 0 Å². The number of rotatable bonds is 1. The molecule has 0 aliphatic heterocycles. The van der Waals surface area contributed by atoms with E-state index in [-0.39, 0.29) is 25.9 Å². The van der Waals surface area contributed by atoms with Gasteiger partial charge in [0.05, 0.1) is 0 Å². The van der Waals surface area contributed by atoms with Crippen LogP contribution in [-0.4, -0.2) is 23.1 Å². The first-order valence-corrected chi connectivity index (χ1v) is 3.89. The summed E-state index contributed by atoms with van der Waals surface area (Å²) >= 11 is 5.67. The van der Waals surface area contributed by atoms with Crippen molar-refractivity contribution in [2.24, 2.45) is 0 Å². The quantitative estimate of drug-likeness (QED) is 0.461. The smallest absolute Gasteiger partial charge is 1.00 e. The molecule has 1 aromatic carbocycles. The van der Waals surface area contributed by atoms with Crippen LogP contribution in [0, 0.1) is 13.8 Å². The number of aryl methyl sites for hydroxylation is 2. The monoisotopic (exact) mass is 180 g/mol. The fourth-order valence-corrected chi connectivity index (χ4v) is 1.30. The minimum Gasteiger partial charge on any atom is -1.00 e. The molecule has 1 aromatic rings. The summed E-state index contributed by atoms with van der Waals surface area (Å²) in [5, 5.41) is 0. The van der Waals surface area contributed by atoms with Gasteiger partial charge in [0.1, 0.15) is 0 Å². The Kier molecular flexibility index (Phi) is 5.14. The molecule has 0 unspecified atom stereocenters. The average molecular weight is 181 g/mol. The average Bonchev–Trinajstić information content (AvgIpc) is 1.85. The van der Waals surface area contributed by atoms with E-state index in [0.29, 0.717) is 5.88 Å². The largest absolute Gasteiger partial charge is 2.00 e. The first-order chi connectivity index (χ1) is 4.72. The summed E-state index contributed by atoms with van der Waals surface area (Å²) in [4.78, 5) is 0. The molecule has 0 saturated heterocycles. The number of alkyl halides is 1. The Morgan fingerprint density at radius 1 is 1.18 bits per heavy atom. The molecule has 0 aliphatic rings. The van der Waals surface area contributed by atoms with E-state index in [0.717, 1.165) is 0 Å². The maximum atomic E-state index is 5.67. The van der Waals surface area contributed by atoms with E-state index in [1.54, 1.807) is 0 Å². The fraction of sp³-hybridized carbons (Fsp3) is 0.333. The molecular weight excluding hydrogens is 168 g/mol. The Bertz CT molecular complexity index is 221. The second-order valence-corrected chi connectivity index (χ2v) is 2.90. The standard InChI is InChI=1S/C9H11Cl.Mg.2H/c1-7-3-8(2)5-9(4-7)6-10;;;/h3-5H,6H2,1-2H3;;;/q;+2;2*-1. The number of benzene rings is 1. The van der Waals surface area contributed by atoms with Gasteiger partial charge in [-0.1, -0.05) is 29.3 Å². The van der Waals surface area contributed by atoms with Gasteiger partial charge < -0.3 is 2.85 Å². The van der Waals surface area contributed by atoms with Gasteiger partial charge in [0.25, 0.3) is 0 Å². The Morgan fingerprint density at radius 2 is 1.64 bits per heavy atom. The zero-order valence-electron chi connectivity index (χ0n) is 9.02. The molecule has 1 rings (SSSR count). The number of halogens is 1. The predicted octanol–water partition coefficient (Wildman–Crippen LogP) is 2.89. The molecule has 0 radical (unpaired) electrons. The van der Waals surface area contributed by atoms with Gasteiger partial charge in [-0.15, -0.1) is 11.6 Å². The molecule has 0 amide bonds. The van der Waals surface area contributed by atoms with Crippen molar-refractivity contribution < 1.29 is 2.85 Å². The molecule has 0 N–H and O–H groups in total. The second kappa shape index (κ2) is 5.02. The van der Waals surface area contributed by atoms with Gasteiger partial charge in [-0.25, -0.2) is 0 Å². The third-order valence-electron chi connectivity index (χ3n) is 1.44. The maximum absolute atomic E-state index is 5.67. The van der Waals surface area contributed by atoms with Crippen molar-refractivity contribution in [2.45, 2.75) is 19.7 Å². The molecular formula is C9H13ClMg. The summed E-state index contributed by atoms with van der Waals surface area (Å²) in [6.45, 7) is 4.17. The van der Waals surface area contributed by atoms with Gasteiger partial charge in [-0.2, -0.15) is 0 Å². The van der Waals surface area contributed by atoms with Crippen molar-refractivity contribution in [3.8, 4) is 0 Å². The first-order valence-electron chi connectivity index (χ1n) is 3.35. The third kappa shape index (κ3) is 3.45. The Balaban J connectivity index is -0.000000333. The van der Waals surface area contributed by atoms with E-state index >= 15 is 0 Å². The van der Waals surface area contributed by atoms with E-state index in [4.69, 9.17) is 11.6 Å². The van der Waals surface area contributed by atoms with Crippen LogP contribution in [0.25, 0.3) is 0 Å². The van der Waals surface area contributed by atoms with Crippen LogP contribution in [0.3, 0.4) is 0 Å². The van der Waals surface area contributed by atoms with E-state index in [9.17, 15) is 0 Å². The Labute approximate surface area is 92.1 Å². The van der Waals surface area contributed by atoms with Gasteiger partial charge in [-0.05, 0) is 19.4 Å². The summed E-state index contributed by atoms with van der Waals surface area (Å²) in [7, 11) is 0. The Hall–Kier alpha value is 0.276. The second-order valence-electron chi connectivity index (χ2n) is 2.63. The Morgan fingerprint density at radius 3 is 2.00 bits per heavy atom. The van der Waals surface area contributed by atoms with Crippen LogP contribution in [0.4, 0.5) is 0 Å². The summed E-state index contributed by atoms with van der Waals surface area (Å²) in [6, 6.07) is 6.37. The third-order valence-corrected chi connectivity index (χ3v) is 1.74. The van der Waals surface area contributed by atoms with E-state index in [1.807, 2.05) is 0 Å². The molecule has 0 saturated carbocycles. The van der Waals surface area contributed by atoms with Gasteiger partial charge >= 0.3 is 23.1 Å². The minimum atomic E-state index is 0. The summed E-state index contributed by atoms with van der Waals surface area (Å²) in [5.41, 5.74) is 3.78. The van der Waals surface area contributed by atoms with Crippen LogP contribution in [0.15, 0.2) is 18.2 Å². The van der Waals surface area contributed by atoms with Crippen molar-refractivity contribution in [2.75, 3.05) is 0 Å². The van der Waals surface area contributed by atoms with Crippen LogP contribution in [0.1, 0.15) is 19.5 Å². The van der Waals surface area contributed by atoms with Crippen molar-refractivity contribution in [1.82, 2.24) is 0 Å². The SMILES string of the molecule is Cc1cc(C)cc(CCl)c1.[H-].[H-].[Mg+2]. The van der Waals surface area contributed by atoms with Gasteiger partial charge in [-0.3, -0.25) is 0 Å². The number of hydrogen-bond acceptors (Lipinski definition) is 0. The molecule has 0 heterocycles. The van der Waals surface area contributed by atoms with Crippen molar-refractivity contribution in [1.29, 1.82) is 0 Å². The van der Waals surface area contributed by atoms with Crippen LogP contribution in [0.2, 0.25) is 0 Å². The molecule has 11 heavy (non-hydrogen) atoms. The minimum absolute atomic E-state index is 0. The van der Waals surface area contributed by atoms with Crippen LogP contribution in [-0.2, 0) is 5.88 Å². The predicted molar refractivity (Wildman–Crippen MR) is 53.5 cm³/mol. The molecule has 2 heteroatoms. The van der Waals surface area contributed by atoms with Crippen molar-refractivity contribution in [3.05, 3.63) is 34.9 Å². The maximum Gasteiger partial charge on any atom is 2.00 e. The van der Waals surface area contributed by atoms with Crippen LogP contribution in [0.5, 0.6) is 0 Å². The van der Waals surface area contributed by atoms with Gasteiger partial charge in [0.2, 0.25) is 0 Å². The van der Waals surface area contributed by atoms with Crippen LogP contribution >= 0.6 is 11.6 Å². The molecule has 0 aromatic heterocycles. The first kappa shape index (κ1) is 11.3. The van der Waals surface area contributed by atoms with E-state index in [1.165, 1.54) is 16.7 Å². The van der Waals surface area contributed by atoms with Gasteiger partial charge in [0, 0.05) is 5.88 Å². The zero-order valence-corrected chi connectivity index (χ0v) is 9.19. The van der Waals surface area contributed by atoms with Crippen molar-refractivity contribution in [3.63, 3.8) is 0 Å². The van der Waals surface area contributed by atoms with Gasteiger partial charge in [0.15, 0.2) is 0 Å². The molecule has 0 nitrogen and oxygen atoms in total. The fourth-order valence-electron chi connectivity index (χ4n) is 1.15. The molecule has 58 valence electrons. The molecule has 0 spiro atoms. The molecule has 0 aliphatic carbocycles. The molecule has 0 fully saturated rings. The summed E-state index contributed by atoms with van der Waals surface area (Å²) in [5.74, 6) is 0.614. The number of hydrogen-bond donors (Lipinski definition) is 0. The zero-order chi connectivity index (χ0) is 7.56. The molecule has 0 atom stereocenters. The summed E-state index contributed by atoms with van der Waals surface area (Å²) < 4.78 is 0. The van der Waals surface area contributed by atoms with E-state index < -0.39 is 0 Å². The van der Waals surface area contributed by atoms with Crippen molar-refractivity contribution >= 4 is 34.7 Å². The van der Waals surface area contributed by atoms with E-state index in [2.05, 4.69) is 32.0 Å².